The molecule has 1 aromatic rings. The Morgan fingerprint density at radius 3 is 2.62 bits per heavy atom. The number of rotatable bonds is 8. The Bertz CT molecular complexity index is 545. The Hall–Kier alpha value is -1.89. The van der Waals surface area contributed by atoms with Crippen LogP contribution in [0, 0.1) is 5.92 Å². The smallest absolute Gasteiger partial charge is 0.387 e. The first kappa shape index (κ1) is 18.4. The van der Waals surface area contributed by atoms with Gasteiger partial charge in [0.25, 0.3) is 0 Å². The number of carboxylic acids is 1. The van der Waals surface area contributed by atoms with E-state index in [1.807, 2.05) is 0 Å². The number of hydrogen-bond acceptors (Lipinski definition) is 4. The van der Waals surface area contributed by atoms with Gasteiger partial charge in [-0.2, -0.15) is 8.78 Å². The standard InChI is InChI=1S/C17H23F2NO4/c1-2-23-14-5-3-4-12(15(14)24-17(18)19)10-20-13-8-6-11(7-9-13)16(21)22/h3-5,11,13,17,20H,2,6-10H2,1H3,(H,21,22). The molecule has 1 aliphatic carbocycles. The minimum absolute atomic E-state index is 0.0565. The minimum Gasteiger partial charge on any atom is -0.490 e. The molecule has 5 nitrogen and oxygen atoms in total. The molecule has 0 spiro atoms. The van der Waals surface area contributed by atoms with Gasteiger partial charge in [-0.1, -0.05) is 12.1 Å². The molecule has 2 N–H and O–H groups in total. The maximum absolute atomic E-state index is 12.7. The number of para-hydroxylation sites is 1. The molecule has 1 saturated carbocycles. The molecule has 0 radical (unpaired) electrons. The lowest BCUT2D eigenvalue weighted by Gasteiger charge is -2.27. The number of carboxylic acid groups (broad SMARTS) is 1. The fraction of sp³-hybridized carbons (Fsp3) is 0.588. The Kier molecular flexibility index (Phi) is 6.78. The molecule has 1 aromatic carbocycles. The number of hydrogen-bond donors (Lipinski definition) is 2. The van der Waals surface area contributed by atoms with E-state index in [1.54, 1.807) is 25.1 Å². The highest BCUT2D eigenvalue weighted by Gasteiger charge is 2.26. The normalized spacial score (nSPS) is 20.8. The van der Waals surface area contributed by atoms with Gasteiger partial charge >= 0.3 is 12.6 Å². The van der Waals surface area contributed by atoms with Gasteiger partial charge in [0, 0.05) is 18.2 Å². The Morgan fingerprint density at radius 2 is 2.04 bits per heavy atom. The predicted octanol–water partition coefficient (Wildman–Crippen LogP) is 3.42. The summed E-state index contributed by atoms with van der Waals surface area (Å²) in [6.45, 7) is -0.421. The molecule has 0 aromatic heterocycles. The summed E-state index contributed by atoms with van der Waals surface area (Å²) < 4.78 is 35.4. The van der Waals surface area contributed by atoms with E-state index in [2.05, 4.69) is 10.1 Å². The summed E-state index contributed by atoms with van der Waals surface area (Å²) in [7, 11) is 0. The maximum Gasteiger partial charge on any atom is 0.387 e. The second kappa shape index (κ2) is 8.82. The van der Waals surface area contributed by atoms with Crippen molar-refractivity contribution in [3.05, 3.63) is 23.8 Å². The Labute approximate surface area is 140 Å². The number of halogens is 2. The molecule has 24 heavy (non-hydrogen) atoms. The van der Waals surface area contributed by atoms with Gasteiger partial charge in [-0.3, -0.25) is 4.79 Å². The number of carbonyl (C=O) groups is 1. The zero-order valence-electron chi connectivity index (χ0n) is 13.6. The van der Waals surface area contributed by atoms with E-state index in [-0.39, 0.29) is 17.7 Å². The third-order valence-electron chi connectivity index (χ3n) is 4.22. The number of benzene rings is 1. The highest BCUT2D eigenvalue weighted by Crippen LogP contribution is 2.33. The van der Waals surface area contributed by atoms with Crippen LogP contribution in [-0.4, -0.2) is 30.3 Å². The molecule has 0 heterocycles. The Morgan fingerprint density at radius 1 is 1.33 bits per heavy atom. The van der Waals surface area contributed by atoms with E-state index in [0.717, 1.165) is 12.8 Å². The molecular weight excluding hydrogens is 320 g/mol. The molecule has 134 valence electrons. The average molecular weight is 343 g/mol. The van der Waals surface area contributed by atoms with Crippen LogP contribution in [-0.2, 0) is 11.3 Å². The van der Waals surface area contributed by atoms with Crippen molar-refractivity contribution in [2.45, 2.75) is 51.8 Å². The summed E-state index contributed by atoms with van der Waals surface area (Å²) in [5.74, 6) is -0.666. The highest BCUT2D eigenvalue weighted by atomic mass is 19.3. The van der Waals surface area contributed by atoms with E-state index in [4.69, 9.17) is 9.84 Å². The van der Waals surface area contributed by atoms with E-state index >= 15 is 0 Å². The van der Waals surface area contributed by atoms with E-state index in [0.29, 0.717) is 37.3 Å². The lowest BCUT2D eigenvalue weighted by atomic mass is 9.86. The quantitative estimate of drug-likeness (QED) is 0.757. The molecular formula is C17H23F2NO4. The van der Waals surface area contributed by atoms with Crippen molar-refractivity contribution in [3.8, 4) is 11.5 Å². The maximum atomic E-state index is 12.7. The van der Waals surface area contributed by atoms with Gasteiger partial charge < -0.3 is 19.9 Å². The molecule has 1 fully saturated rings. The van der Waals surface area contributed by atoms with Crippen molar-refractivity contribution in [1.29, 1.82) is 0 Å². The summed E-state index contributed by atoms with van der Waals surface area (Å²) in [5.41, 5.74) is 0.599. The van der Waals surface area contributed by atoms with Crippen LogP contribution in [0.1, 0.15) is 38.2 Å². The number of aliphatic carboxylic acids is 1. The van der Waals surface area contributed by atoms with Gasteiger partial charge in [0.05, 0.1) is 12.5 Å². The van der Waals surface area contributed by atoms with Crippen molar-refractivity contribution >= 4 is 5.97 Å². The first-order valence-electron chi connectivity index (χ1n) is 8.17. The predicted molar refractivity (Wildman–Crippen MR) is 84.5 cm³/mol. The van der Waals surface area contributed by atoms with Crippen LogP contribution in [0.4, 0.5) is 8.78 Å². The van der Waals surface area contributed by atoms with E-state index < -0.39 is 12.6 Å². The third-order valence-corrected chi connectivity index (χ3v) is 4.22. The van der Waals surface area contributed by atoms with Gasteiger partial charge in [-0.25, -0.2) is 0 Å². The fourth-order valence-electron chi connectivity index (χ4n) is 2.99. The second-order valence-corrected chi connectivity index (χ2v) is 5.82. The molecule has 0 amide bonds. The van der Waals surface area contributed by atoms with Crippen molar-refractivity contribution < 1.29 is 28.2 Å². The topological polar surface area (TPSA) is 67.8 Å². The van der Waals surface area contributed by atoms with Crippen LogP contribution < -0.4 is 14.8 Å². The summed E-state index contributed by atoms with van der Waals surface area (Å²) in [4.78, 5) is 11.0. The lowest BCUT2D eigenvalue weighted by Crippen LogP contribution is -2.34. The average Bonchev–Trinajstić information content (AvgIpc) is 2.55. The summed E-state index contributed by atoms with van der Waals surface area (Å²) in [5, 5.41) is 12.3. The fourth-order valence-corrected chi connectivity index (χ4v) is 2.99. The zero-order chi connectivity index (χ0) is 17.5. The van der Waals surface area contributed by atoms with Gasteiger partial charge in [-0.15, -0.1) is 0 Å². The molecule has 0 atom stereocenters. The van der Waals surface area contributed by atoms with E-state index in [1.165, 1.54) is 0 Å². The first-order chi connectivity index (χ1) is 11.5. The number of alkyl halides is 2. The molecule has 0 saturated heterocycles. The third kappa shape index (κ3) is 5.06. The van der Waals surface area contributed by atoms with Crippen LogP contribution in [0.3, 0.4) is 0 Å². The van der Waals surface area contributed by atoms with Gasteiger partial charge in [0.1, 0.15) is 0 Å². The largest absolute Gasteiger partial charge is 0.490 e. The van der Waals surface area contributed by atoms with Crippen molar-refractivity contribution in [2.24, 2.45) is 5.92 Å². The summed E-state index contributed by atoms with van der Waals surface area (Å²) in [6, 6.07) is 5.23. The van der Waals surface area contributed by atoms with E-state index in [9.17, 15) is 13.6 Å². The number of ether oxygens (including phenoxy) is 2. The second-order valence-electron chi connectivity index (χ2n) is 5.82. The van der Waals surface area contributed by atoms with Gasteiger partial charge in [0.2, 0.25) is 0 Å². The van der Waals surface area contributed by atoms with Crippen molar-refractivity contribution in [3.63, 3.8) is 0 Å². The van der Waals surface area contributed by atoms with Crippen molar-refractivity contribution in [1.82, 2.24) is 5.32 Å². The summed E-state index contributed by atoms with van der Waals surface area (Å²) >= 11 is 0. The zero-order valence-corrected chi connectivity index (χ0v) is 13.6. The van der Waals surface area contributed by atoms with Crippen LogP contribution in [0.15, 0.2) is 18.2 Å². The first-order valence-corrected chi connectivity index (χ1v) is 8.17. The van der Waals surface area contributed by atoms with Crippen molar-refractivity contribution in [2.75, 3.05) is 6.61 Å². The SMILES string of the molecule is CCOc1cccc(CNC2CCC(C(=O)O)CC2)c1OC(F)F. The van der Waals surface area contributed by atoms with Gasteiger partial charge in [0.15, 0.2) is 11.5 Å². The monoisotopic (exact) mass is 343 g/mol. The summed E-state index contributed by atoms with van der Waals surface area (Å²) in [6.07, 6.45) is 2.78. The van der Waals surface area contributed by atoms with Gasteiger partial charge in [-0.05, 0) is 38.7 Å². The molecule has 0 unspecified atom stereocenters. The molecule has 2 rings (SSSR count). The number of nitrogens with one attached hydrogen (secondary N) is 1. The minimum atomic E-state index is -2.92. The Balaban J connectivity index is 1.99. The highest BCUT2D eigenvalue weighted by molar-refractivity contribution is 5.70. The van der Waals surface area contributed by atoms with Crippen LogP contribution in [0.5, 0.6) is 11.5 Å². The lowest BCUT2D eigenvalue weighted by molar-refractivity contribution is -0.142. The van der Waals surface area contributed by atoms with Crippen LogP contribution >= 0.6 is 0 Å². The van der Waals surface area contributed by atoms with Crippen LogP contribution in [0.2, 0.25) is 0 Å². The molecule has 7 heteroatoms. The molecule has 1 aliphatic rings. The molecule has 0 aliphatic heterocycles. The van der Waals surface area contributed by atoms with Crippen LogP contribution in [0.25, 0.3) is 0 Å². The molecule has 0 bridgehead atoms.